The lowest BCUT2D eigenvalue weighted by atomic mass is 10.0. The number of nitrogens with one attached hydrogen (secondary N) is 2. The lowest BCUT2D eigenvalue weighted by Crippen LogP contribution is -2.34. The van der Waals surface area contributed by atoms with Gasteiger partial charge in [-0.1, -0.05) is 37.6 Å². The molecule has 0 aliphatic heterocycles. The molecule has 5 heteroatoms. The lowest BCUT2D eigenvalue weighted by molar-refractivity contribution is 0.244. The highest BCUT2D eigenvalue weighted by atomic mass is 35.5. The third-order valence-electron chi connectivity index (χ3n) is 3.63. The third-order valence-corrected chi connectivity index (χ3v) is 3.87. The van der Waals surface area contributed by atoms with Crippen LogP contribution in [0.5, 0.6) is 0 Å². The van der Waals surface area contributed by atoms with Gasteiger partial charge in [-0.15, -0.1) is 0 Å². The summed E-state index contributed by atoms with van der Waals surface area (Å²) in [4.78, 5) is 0. The fourth-order valence-corrected chi connectivity index (χ4v) is 2.58. The van der Waals surface area contributed by atoms with Crippen molar-refractivity contribution >= 4 is 11.6 Å². The van der Waals surface area contributed by atoms with Crippen LogP contribution in [0.15, 0.2) is 30.5 Å². The monoisotopic (exact) mass is 307 g/mol. The van der Waals surface area contributed by atoms with E-state index in [-0.39, 0.29) is 12.6 Å². The number of rotatable bonds is 7. The van der Waals surface area contributed by atoms with Crippen molar-refractivity contribution in [3.05, 3.63) is 41.0 Å². The summed E-state index contributed by atoms with van der Waals surface area (Å²) in [5, 5.41) is 20.5. The maximum absolute atomic E-state index is 9.13. The third kappa shape index (κ3) is 4.30. The van der Waals surface area contributed by atoms with Gasteiger partial charge < -0.3 is 10.4 Å². The fraction of sp³-hybridized carbons (Fsp3) is 0.438. The van der Waals surface area contributed by atoms with Crippen LogP contribution in [0.1, 0.15) is 25.8 Å². The smallest absolute Gasteiger partial charge is 0.0695 e. The van der Waals surface area contributed by atoms with Crippen LogP contribution >= 0.6 is 11.6 Å². The Morgan fingerprint density at radius 2 is 2.19 bits per heavy atom. The minimum Gasteiger partial charge on any atom is -0.396 e. The number of aliphatic hydroxyl groups excluding tert-OH is 1. The number of hydrogen-bond acceptors (Lipinski definition) is 3. The molecule has 1 aromatic heterocycles. The highest BCUT2D eigenvalue weighted by molar-refractivity contribution is 6.30. The number of halogens is 1. The summed E-state index contributed by atoms with van der Waals surface area (Å²) in [6, 6.07) is 8.01. The first kappa shape index (κ1) is 16.0. The van der Waals surface area contributed by atoms with E-state index in [2.05, 4.69) is 29.4 Å². The maximum atomic E-state index is 9.13. The van der Waals surface area contributed by atoms with Gasteiger partial charge in [0.2, 0.25) is 0 Å². The number of nitrogens with zero attached hydrogens (tertiary/aromatic N) is 1. The van der Waals surface area contributed by atoms with Gasteiger partial charge in [-0.3, -0.25) is 5.10 Å². The number of hydrogen-bond donors (Lipinski definition) is 3. The summed E-state index contributed by atoms with van der Waals surface area (Å²) < 4.78 is 0. The van der Waals surface area contributed by atoms with E-state index in [9.17, 15) is 0 Å². The first-order valence-corrected chi connectivity index (χ1v) is 7.62. The van der Waals surface area contributed by atoms with Crippen LogP contribution in [-0.2, 0) is 6.54 Å². The van der Waals surface area contributed by atoms with Crippen LogP contribution in [0.4, 0.5) is 0 Å². The molecule has 0 spiro atoms. The molecule has 0 bridgehead atoms. The molecule has 0 radical (unpaired) electrons. The van der Waals surface area contributed by atoms with Gasteiger partial charge in [0.05, 0.1) is 11.9 Å². The zero-order chi connectivity index (χ0) is 15.2. The first-order chi connectivity index (χ1) is 10.1. The van der Waals surface area contributed by atoms with Crippen molar-refractivity contribution in [2.45, 2.75) is 32.9 Å². The SMILES string of the molecule is CC(C)C(CCO)NCc1cn[nH]c1-c1cccc(Cl)c1. The molecule has 0 aliphatic carbocycles. The Hall–Kier alpha value is -1.36. The summed E-state index contributed by atoms with van der Waals surface area (Å²) in [5.41, 5.74) is 3.11. The Labute approximate surface area is 130 Å². The molecule has 3 N–H and O–H groups in total. The van der Waals surface area contributed by atoms with Crippen molar-refractivity contribution in [1.29, 1.82) is 0 Å². The molecule has 1 aromatic carbocycles. The van der Waals surface area contributed by atoms with E-state index >= 15 is 0 Å². The maximum Gasteiger partial charge on any atom is 0.0695 e. The van der Waals surface area contributed by atoms with E-state index in [0.29, 0.717) is 17.5 Å². The van der Waals surface area contributed by atoms with Gasteiger partial charge >= 0.3 is 0 Å². The standard InChI is InChI=1S/C16H22ClN3O/c1-11(2)15(6-7-21)18-9-13-10-19-20-16(13)12-4-3-5-14(17)8-12/h3-5,8,10-11,15,18,21H,6-7,9H2,1-2H3,(H,19,20). The molecule has 2 aromatic rings. The molecular formula is C16H22ClN3O. The molecule has 1 unspecified atom stereocenters. The van der Waals surface area contributed by atoms with Crippen LogP contribution in [-0.4, -0.2) is 28.0 Å². The Kier molecular flexibility index (Phi) is 5.79. The van der Waals surface area contributed by atoms with Gasteiger partial charge in [-0.05, 0) is 24.5 Å². The molecule has 0 fully saturated rings. The molecule has 21 heavy (non-hydrogen) atoms. The summed E-state index contributed by atoms with van der Waals surface area (Å²) in [5.74, 6) is 0.471. The molecule has 1 heterocycles. The molecular weight excluding hydrogens is 286 g/mol. The topological polar surface area (TPSA) is 60.9 Å². The van der Waals surface area contributed by atoms with Gasteiger partial charge in [0.25, 0.3) is 0 Å². The fourth-order valence-electron chi connectivity index (χ4n) is 2.39. The average Bonchev–Trinajstić information content (AvgIpc) is 2.91. The number of benzene rings is 1. The van der Waals surface area contributed by atoms with E-state index in [1.54, 1.807) is 0 Å². The second-order valence-electron chi connectivity index (χ2n) is 5.52. The Morgan fingerprint density at radius 1 is 1.38 bits per heavy atom. The van der Waals surface area contributed by atoms with E-state index in [0.717, 1.165) is 23.2 Å². The molecule has 0 aliphatic rings. The molecule has 0 saturated carbocycles. The van der Waals surface area contributed by atoms with Crippen LogP contribution in [0.25, 0.3) is 11.3 Å². The van der Waals surface area contributed by atoms with Crippen molar-refractivity contribution in [3.8, 4) is 11.3 Å². The average molecular weight is 308 g/mol. The van der Waals surface area contributed by atoms with Gasteiger partial charge in [-0.25, -0.2) is 0 Å². The van der Waals surface area contributed by atoms with Gasteiger partial charge in [0, 0.05) is 35.3 Å². The van der Waals surface area contributed by atoms with Crippen molar-refractivity contribution in [1.82, 2.24) is 15.5 Å². The molecule has 1 atom stereocenters. The summed E-state index contributed by atoms with van der Waals surface area (Å²) in [6.45, 7) is 5.21. The van der Waals surface area contributed by atoms with Gasteiger partial charge in [0.1, 0.15) is 0 Å². The summed E-state index contributed by atoms with van der Waals surface area (Å²) >= 11 is 6.05. The highest BCUT2D eigenvalue weighted by Gasteiger charge is 2.14. The van der Waals surface area contributed by atoms with Crippen LogP contribution < -0.4 is 5.32 Å². The predicted molar refractivity (Wildman–Crippen MR) is 86.2 cm³/mol. The van der Waals surface area contributed by atoms with Gasteiger partial charge in [-0.2, -0.15) is 5.10 Å². The van der Waals surface area contributed by atoms with Crippen molar-refractivity contribution in [2.75, 3.05) is 6.61 Å². The van der Waals surface area contributed by atoms with Crippen LogP contribution in [0.2, 0.25) is 5.02 Å². The van der Waals surface area contributed by atoms with Crippen LogP contribution in [0.3, 0.4) is 0 Å². The molecule has 4 nitrogen and oxygen atoms in total. The Morgan fingerprint density at radius 3 is 2.86 bits per heavy atom. The second kappa shape index (κ2) is 7.59. The minimum atomic E-state index is 0.197. The van der Waals surface area contributed by atoms with E-state index in [1.807, 2.05) is 30.5 Å². The van der Waals surface area contributed by atoms with E-state index in [4.69, 9.17) is 16.7 Å². The zero-order valence-electron chi connectivity index (χ0n) is 12.4. The second-order valence-corrected chi connectivity index (χ2v) is 5.96. The minimum absolute atomic E-state index is 0.197. The zero-order valence-corrected chi connectivity index (χ0v) is 13.2. The lowest BCUT2D eigenvalue weighted by Gasteiger charge is -2.21. The number of H-pyrrole nitrogens is 1. The van der Waals surface area contributed by atoms with E-state index in [1.165, 1.54) is 0 Å². The number of aliphatic hydroxyl groups is 1. The number of aromatic amines is 1. The predicted octanol–water partition coefficient (Wildman–Crippen LogP) is 3.23. The molecule has 0 saturated heterocycles. The van der Waals surface area contributed by atoms with Gasteiger partial charge in [0.15, 0.2) is 0 Å². The highest BCUT2D eigenvalue weighted by Crippen LogP contribution is 2.24. The van der Waals surface area contributed by atoms with Crippen molar-refractivity contribution in [3.63, 3.8) is 0 Å². The molecule has 114 valence electrons. The Balaban J connectivity index is 2.10. The number of aromatic nitrogens is 2. The molecule has 0 amide bonds. The summed E-state index contributed by atoms with van der Waals surface area (Å²) in [6.07, 6.45) is 2.58. The normalized spacial score (nSPS) is 12.8. The Bertz CT molecular complexity index is 568. The van der Waals surface area contributed by atoms with E-state index < -0.39 is 0 Å². The molecule has 2 rings (SSSR count). The van der Waals surface area contributed by atoms with Crippen molar-refractivity contribution in [2.24, 2.45) is 5.92 Å². The quantitative estimate of drug-likeness (QED) is 0.736. The first-order valence-electron chi connectivity index (χ1n) is 7.24. The van der Waals surface area contributed by atoms with Crippen molar-refractivity contribution < 1.29 is 5.11 Å². The van der Waals surface area contributed by atoms with Crippen LogP contribution in [0, 0.1) is 5.92 Å². The largest absolute Gasteiger partial charge is 0.396 e. The summed E-state index contributed by atoms with van der Waals surface area (Å²) in [7, 11) is 0.